The largest absolute Gasteiger partial charge is 0.497 e. The fourth-order valence-corrected chi connectivity index (χ4v) is 3.99. The van der Waals surface area contributed by atoms with Crippen molar-refractivity contribution in [2.45, 2.75) is 20.4 Å². The van der Waals surface area contributed by atoms with Gasteiger partial charge in [-0.1, -0.05) is 30.3 Å². The lowest BCUT2D eigenvalue weighted by molar-refractivity contribution is -0.116. The predicted octanol–water partition coefficient (Wildman–Crippen LogP) is 6.24. The molecule has 0 aliphatic rings. The Morgan fingerprint density at radius 3 is 2.49 bits per heavy atom. The zero-order chi connectivity index (χ0) is 24.8. The van der Waals surface area contributed by atoms with Gasteiger partial charge < -0.3 is 23.9 Å². The Labute approximate surface area is 205 Å². The van der Waals surface area contributed by atoms with Crippen LogP contribution in [0.15, 0.2) is 77.4 Å². The molecule has 4 rings (SSSR count). The third-order valence-electron chi connectivity index (χ3n) is 5.79. The molecule has 0 saturated heterocycles. The average molecular weight is 472 g/mol. The summed E-state index contributed by atoms with van der Waals surface area (Å²) in [6.07, 6.45) is 3.33. The lowest BCUT2D eigenvalue weighted by Gasteiger charge is -2.12. The maximum Gasteiger partial charge on any atom is 0.244 e. The number of carbonyl (C=O) groups excluding carboxylic acids is 1. The number of allylic oxidation sites excluding steroid dienone is 1. The van der Waals surface area contributed by atoms with Crippen molar-refractivity contribution in [1.29, 1.82) is 0 Å². The SMILES string of the molecule is CCOc1cc2occ(-c3ccc(OC)cc3)c2cc1/C(C)=C/C(=O)NCc1ccccc1OC. The lowest BCUT2D eigenvalue weighted by atomic mass is 9.99. The molecule has 1 aromatic heterocycles. The Morgan fingerprint density at radius 2 is 1.77 bits per heavy atom. The van der Waals surface area contributed by atoms with Gasteiger partial charge >= 0.3 is 0 Å². The fourth-order valence-electron chi connectivity index (χ4n) is 3.99. The third-order valence-corrected chi connectivity index (χ3v) is 5.79. The molecule has 0 bridgehead atoms. The van der Waals surface area contributed by atoms with Crippen LogP contribution >= 0.6 is 0 Å². The van der Waals surface area contributed by atoms with E-state index in [1.54, 1.807) is 26.6 Å². The third kappa shape index (κ3) is 5.32. The van der Waals surface area contributed by atoms with Gasteiger partial charge in [-0.3, -0.25) is 4.79 Å². The number of para-hydroxylation sites is 1. The van der Waals surface area contributed by atoms with Gasteiger partial charge in [0.15, 0.2) is 0 Å². The summed E-state index contributed by atoms with van der Waals surface area (Å²) in [6.45, 7) is 4.70. The van der Waals surface area contributed by atoms with Crippen molar-refractivity contribution in [2.24, 2.45) is 0 Å². The first-order valence-corrected chi connectivity index (χ1v) is 11.4. The summed E-state index contributed by atoms with van der Waals surface area (Å²) in [5, 5.41) is 3.88. The van der Waals surface area contributed by atoms with Crippen molar-refractivity contribution in [1.82, 2.24) is 5.32 Å². The topological polar surface area (TPSA) is 69.9 Å². The monoisotopic (exact) mass is 471 g/mol. The normalized spacial score (nSPS) is 11.4. The lowest BCUT2D eigenvalue weighted by Crippen LogP contribution is -2.21. The molecule has 6 nitrogen and oxygen atoms in total. The van der Waals surface area contributed by atoms with E-state index in [4.69, 9.17) is 18.6 Å². The molecule has 1 heterocycles. The minimum Gasteiger partial charge on any atom is -0.497 e. The minimum absolute atomic E-state index is 0.196. The fraction of sp³-hybridized carbons (Fsp3) is 0.207. The summed E-state index contributed by atoms with van der Waals surface area (Å²) in [5.41, 5.74) is 5.22. The minimum atomic E-state index is -0.196. The standard InChI is InChI=1S/C29H29NO5/c1-5-34-27-16-28-24(25(18-35-28)20-10-12-22(32-3)13-11-20)15-23(27)19(2)14-29(31)30-17-21-8-6-7-9-26(21)33-4/h6-16,18H,5,17H2,1-4H3,(H,30,31)/b19-14+. The molecule has 1 amide bonds. The first kappa shape index (κ1) is 24.0. The Morgan fingerprint density at radius 1 is 1.00 bits per heavy atom. The number of fused-ring (bicyclic) bond motifs is 1. The number of hydrogen-bond acceptors (Lipinski definition) is 5. The number of amides is 1. The Balaban J connectivity index is 1.64. The van der Waals surface area contributed by atoms with Gasteiger partial charge in [-0.25, -0.2) is 0 Å². The van der Waals surface area contributed by atoms with E-state index in [1.807, 2.05) is 74.5 Å². The maximum atomic E-state index is 12.7. The van der Waals surface area contributed by atoms with Gasteiger partial charge in [-0.2, -0.15) is 0 Å². The Kier molecular flexibility index (Phi) is 7.41. The van der Waals surface area contributed by atoms with Crippen molar-refractivity contribution < 1.29 is 23.4 Å². The summed E-state index contributed by atoms with van der Waals surface area (Å²) < 4.78 is 22.4. The second kappa shape index (κ2) is 10.8. The molecule has 0 unspecified atom stereocenters. The van der Waals surface area contributed by atoms with Crippen LogP contribution in [-0.2, 0) is 11.3 Å². The number of carbonyl (C=O) groups is 1. The molecule has 180 valence electrons. The smallest absolute Gasteiger partial charge is 0.244 e. The van der Waals surface area contributed by atoms with Crippen LogP contribution < -0.4 is 19.5 Å². The molecule has 0 radical (unpaired) electrons. The Bertz CT molecular complexity index is 1350. The van der Waals surface area contributed by atoms with Gasteiger partial charge in [0, 0.05) is 40.8 Å². The van der Waals surface area contributed by atoms with Gasteiger partial charge in [0.1, 0.15) is 22.8 Å². The van der Waals surface area contributed by atoms with Crippen molar-refractivity contribution in [3.05, 3.63) is 84.1 Å². The number of nitrogens with one attached hydrogen (secondary N) is 1. The molecule has 3 aromatic carbocycles. The second-order valence-corrected chi connectivity index (χ2v) is 8.01. The highest BCUT2D eigenvalue weighted by Crippen LogP contribution is 2.38. The molecular formula is C29H29NO5. The number of methoxy groups -OCH3 is 2. The van der Waals surface area contributed by atoms with E-state index in [0.717, 1.165) is 50.3 Å². The van der Waals surface area contributed by atoms with Crippen LogP contribution in [0.2, 0.25) is 0 Å². The number of benzene rings is 3. The van der Waals surface area contributed by atoms with Crippen molar-refractivity contribution in [2.75, 3.05) is 20.8 Å². The van der Waals surface area contributed by atoms with E-state index in [9.17, 15) is 4.79 Å². The van der Waals surface area contributed by atoms with Crippen LogP contribution in [0.1, 0.15) is 25.0 Å². The average Bonchev–Trinajstić information content (AvgIpc) is 3.30. The number of ether oxygens (including phenoxy) is 3. The van der Waals surface area contributed by atoms with Crippen LogP contribution in [0, 0.1) is 0 Å². The molecular weight excluding hydrogens is 442 g/mol. The summed E-state index contributed by atoms with van der Waals surface area (Å²) >= 11 is 0. The van der Waals surface area contributed by atoms with E-state index < -0.39 is 0 Å². The van der Waals surface area contributed by atoms with Gasteiger partial charge in [-0.15, -0.1) is 0 Å². The zero-order valence-electron chi connectivity index (χ0n) is 20.4. The molecule has 4 aromatic rings. The second-order valence-electron chi connectivity index (χ2n) is 8.01. The Hall–Kier alpha value is -4.19. The van der Waals surface area contributed by atoms with E-state index in [2.05, 4.69) is 5.32 Å². The number of hydrogen-bond donors (Lipinski definition) is 1. The van der Waals surface area contributed by atoms with Crippen LogP contribution in [0.4, 0.5) is 0 Å². The van der Waals surface area contributed by atoms with Crippen molar-refractivity contribution in [3.8, 4) is 28.4 Å². The first-order chi connectivity index (χ1) is 17.0. The van der Waals surface area contributed by atoms with Crippen LogP contribution in [0.5, 0.6) is 17.2 Å². The molecule has 1 N–H and O–H groups in total. The number of rotatable bonds is 9. The molecule has 0 aliphatic carbocycles. The van der Waals surface area contributed by atoms with Crippen LogP contribution in [0.3, 0.4) is 0 Å². The predicted molar refractivity (Wildman–Crippen MR) is 138 cm³/mol. The van der Waals surface area contributed by atoms with Gasteiger partial charge in [0.05, 0.1) is 27.1 Å². The molecule has 35 heavy (non-hydrogen) atoms. The van der Waals surface area contributed by atoms with Crippen LogP contribution in [-0.4, -0.2) is 26.7 Å². The highest BCUT2D eigenvalue weighted by molar-refractivity contribution is 6.00. The van der Waals surface area contributed by atoms with Gasteiger partial charge in [0.2, 0.25) is 5.91 Å². The first-order valence-electron chi connectivity index (χ1n) is 11.4. The number of furan rings is 1. The van der Waals surface area contributed by atoms with Gasteiger partial charge in [-0.05, 0) is 49.2 Å². The molecule has 0 spiro atoms. The van der Waals surface area contributed by atoms with Crippen molar-refractivity contribution in [3.63, 3.8) is 0 Å². The molecule has 6 heteroatoms. The summed E-state index contributed by atoms with van der Waals surface area (Å²) in [6, 6.07) is 19.3. The van der Waals surface area contributed by atoms with E-state index in [1.165, 1.54) is 0 Å². The van der Waals surface area contributed by atoms with Gasteiger partial charge in [0.25, 0.3) is 0 Å². The molecule has 0 aliphatic heterocycles. The van der Waals surface area contributed by atoms with Crippen molar-refractivity contribution >= 4 is 22.4 Å². The summed E-state index contributed by atoms with van der Waals surface area (Å²) in [7, 11) is 3.26. The van der Waals surface area contributed by atoms with Crippen LogP contribution in [0.25, 0.3) is 27.7 Å². The zero-order valence-corrected chi connectivity index (χ0v) is 20.4. The highest BCUT2D eigenvalue weighted by atomic mass is 16.5. The molecule has 0 saturated carbocycles. The molecule has 0 fully saturated rings. The molecule has 0 atom stereocenters. The quantitative estimate of drug-likeness (QED) is 0.293. The maximum absolute atomic E-state index is 12.7. The van der Waals surface area contributed by atoms with E-state index in [-0.39, 0.29) is 5.91 Å². The van der Waals surface area contributed by atoms with E-state index in [0.29, 0.717) is 18.9 Å². The summed E-state index contributed by atoms with van der Waals surface area (Å²) in [4.78, 5) is 12.7. The van der Waals surface area contributed by atoms with E-state index >= 15 is 0 Å². The highest BCUT2D eigenvalue weighted by Gasteiger charge is 2.15. The summed E-state index contributed by atoms with van der Waals surface area (Å²) in [5.74, 6) is 2.00.